The number of hydrogen-bond acceptors (Lipinski definition) is 4. The maximum Gasteiger partial charge on any atom is 0.103 e. The molecular formula is C14H13NO2S. The van der Waals surface area contributed by atoms with Crippen molar-refractivity contribution < 1.29 is 10.2 Å². The Morgan fingerprint density at radius 1 is 1.06 bits per heavy atom. The van der Waals surface area contributed by atoms with Gasteiger partial charge in [-0.25, -0.2) is 0 Å². The third kappa shape index (κ3) is 1.88. The molecular weight excluding hydrogens is 246 g/mol. The van der Waals surface area contributed by atoms with Crippen LogP contribution in [0, 0.1) is 0 Å². The lowest BCUT2D eigenvalue weighted by molar-refractivity contribution is 0.0937. The Hall–Kier alpha value is -1.49. The highest BCUT2D eigenvalue weighted by Crippen LogP contribution is 2.46. The number of hydrogen-bond donors (Lipinski definition) is 3. The normalized spacial score (nSPS) is 14.3. The summed E-state index contributed by atoms with van der Waals surface area (Å²) < 4.78 is 0. The summed E-state index contributed by atoms with van der Waals surface area (Å²) in [6.07, 6.45) is -0.834. The summed E-state index contributed by atoms with van der Waals surface area (Å²) in [6, 6.07) is 13.8. The molecule has 0 amide bonds. The maximum absolute atomic E-state index is 9.84. The van der Waals surface area contributed by atoms with Gasteiger partial charge in [0.1, 0.15) is 6.10 Å². The first kappa shape index (κ1) is 11.6. The van der Waals surface area contributed by atoms with Crippen molar-refractivity contribution in [1.29, 1.82) is 0 Å². The predicted molar refractivity (Wildman–Crippen MR) is 72.3 cm³/mol. The van der Waals surface area contributed by atoms with Crippen molar-refractivity contribution in [2.24, 2.45) is 0 Å². The highest BCUT2D eigenvalue weighted by molar-refractivity contribution is 7.99. The lowest BCUT2D eigenvalue weighted by Crippen LogP contribution is -2.08. The van der Waals surface area contributed by atoms with Crippen LogP contribution in [-0.2, 0) is 0 Å². The first-order valence-electron chi connectivity index (χ1n) is 5.75. The monoisotopic (exact) mass is 259 g/mol. The van der Waals surface area contributed by atoms with E-state index in [1.165, 1.54) is 0 Å². The molecule has 2 aromatic rings. The topological polar surface area (TPSA) is 52.5 Å². The molecule has 0 aliphatic carbocycles. The molecule has 1 unspecified atom stereocenters. The average molecular weight is 259 g/mol. The van der Waals surface area contributed by atoms with E-state index in [0.717, 1.165) is 26.7 Å². The smallest absolute Gasteiger partial charge is 0.103 e. The van der Waals surface area contributed by atoms with Gasteiger partial charge >= 0.3 is 0 Å². The number of fused-ring (bicyclic) bond motifs is 2. The molecule has 3 nitrogen and oxygen atoms in total. The number of anilines is 2. The van der Waals surface area contributed by atoms with E-state index in [4.69, 9.17) is 5.11 Å². The standard InChI is InChI=1S/C14H13NO2S/c16-8-12(17)9-4-3-6-11-14(9)18-13-7-2-1-5-10(13)15-11/h1-7,12,15-17H,8H2. The number of nitrogens with one attached hydrogen (secondary N) is 1. The van der Waals surface area contributed by atoms with Crippen LogP contribution in [0.1, 0.15) is 11.7 Å². The van der Waals surface area contributed by atoms with Crippen LogP contribution in [0.15, 0.2) is 52.3 Å². The van der Waals surface area contributed by atoms with Gasteiger partial charge in [0, 0.05) is 9.79 Å². The number of rotatable bonds is 2. The molecule has 3 rings (SSSR count). The summed E-state index contributed by atoms with van der Waals surface area (Å²) in [5.74, 6) is 0. The van der Waals surface area contributed by atoms with Crippen molar-refractivity contribution in [3.05, 3.63) is 48.0 Å². The summed E-state index contributed by atoms with van der Waals surface area (Å²) in [4.78, 5) is 2.11. The molecule has 3 N–H and O–H groups in total. The van der Waals surface area contributed by atoms with Crippen LogP contribution >= 0.6 is 11.8 Å². The van der Waals surface area contributed by atoms with Gasteiger partial charge < -0.3 is 15.5 Å². The fourth-order valence-electron chi connectivity index (χ4n) is 2.04. The molecule has 0 aromatic heterocycles. The number of para-hydroxylation sites is 1. The second-order valence-electron chi connectivity index (χ2n) is 4.15. The molecule has 0 saturated heterocycles. The SMILES string of the molecule is OCC(O)c1cccc2c1Sc1ccccc1N2. The molecule has 4 heteroatoms. The van der Waals surface area contributed by atoms with E-state index in [9.17, 15) is 5.11 Å². The van der Waals surface area contributed by atoms with Crippen molar-refractivity contribution in [3.63, 3.8) is 0 Å². The fraction of sp³-hybridized carbons (Fsp3) is 0.143. The van der Waals surface area contributed by atoms with Crippen LogP contribution in [0.2, 0.25) is 0 Å². The van der Waals surface area contributed by atoms with E-state index < -0.39 is 6.10 Å². The quantitative estimate of drug-likeness (QED) is 0.662. The molecule has 1 aliphatic heterocycles. The molecule has 0 fully saturated rings. The summed E-state index contributed by atoms with van der Waals surface area (Å²) in [6.45, 7) is -0.265. The Balaban J connectivity index is 2.07. The summed E-state index contributed by atoms with van der Waals surface area (Å²) in [7, 11) is 0. The first-order chi connectivity index (χ1) is 8.79. The van der Waals surface area contributed by atoms with Gasteiger partial charge in [-0.3, -0.25) is 0 Å². The lowest BCUT2D eigenvalue weighted by atomic mass is 10.1. The zero-order chi connectivity index (χ0) is 12.5. The van der Waals surface area contributed by atoms with Gasteiger partial charge in [-0.2, -0.15) is 0 Å². The third-order valence-corrected chi connectivity index (χ3v) is 4.18. The van der Waals surface area contributed by atoms with Crippen molar-refractivity contribution in [3.8, 4) is 0 Å². The van der Waals surface area contributed by atoms with Gasteiger partial charge in [0.05, 0.1) is 18.0 Å². The van der Waals surface area contributed by atoms with Crippen LogP contribution < -0.4 is 5.32 Å². The Kier molecular flexibility index (Phi) is 2.99. The van der Waals surface area contributed by atoms with Crippen LogP contribution in [0.5, 0.6) is 0 Å². The number of aliphatic hydroxyl groups is 2. The minimum absolute atomic E-state index is 0.265. The number of benzene rings is 2. The zero-order valence-corrected chi connectivity index (χ0v) is 10.4. The third-order valence-electron chi connectivity index (χ3n) is 2.95. The molecule has 18 heavy (non-hydrogen) atoms. The van der Waals surface area contributed by atoms with Crippen molar-refractivity contribution in [2.75, 3.05) is 11.9 Å². The first-order valence-corrected chi connectivity index (χ1v) is 6.57. The summed E-state index contributed by atoms with van der Waals surface area (Å²) in [5, 5.41) is 22.3. The predicted octanol–water partition coefficient (Wildman–Crippen LogP) is 2.92. The molecule has 0 radical (unpaired) electrons. The Labute approximate surface area is 109 Å². The molecule has 1 heterocycles. The van der Waals surface area contributed by atoms with Crippen molar-refractivity contribution in [2.45, 2.75) is 15.9 Å². The van der Waals surface area contributed by atoms with E-state index >= 15 is 0 Å². The van der Waals surface area contributed by atoms with Gasteiger partial charge in [0.15, 0.2) is 0 Å². The van der Waals surface area contributed by atoms with Crippen LogP contribution in [-0.4, -0.2) is 16.8 Å². The average Bonchev–Trinajstić information content (AvgIpc) is 2.43. The molecule has 0 bridgehead atoms. The van der Waals surface area contributed by atoms with Crippen LogP contribution in [0.4, 0.5) is 11.4 Å². The molecule has 0 saturated carbocycles. The van der Waals surface area contributed by atoms with Crippen molar-refractivity contribution >= 4 is 23.1 Å². The molecule has 2 aromatic carbocycles. The lowest BCUT2D eigenvalue weighted by Gasteiger charge is -2.24. The highest BCUT2D eigenvalue weighted by atomic mass is 32.2. The van der Waals surface area contributed by atoms with Gasteiger partial charge in [0.2, 0.25) is 0 Å². The van der Waals surface area contributed by atoms with E-state index in [1.807, 2.05) is 42.5 Å². The Morgan fingerprint density at radius 3 is 2.67 bits per heavy atom. The van der Waals surface area contributed by atoms with Gasteiger partial charge in [-0.1, -0.05) is 36.0 Å². The minimum atomic E-state index is -0.834. The number of aliphatic hydroxyl groups excluding tert-OH is 2. The highest BCUT2D eigenvalue weighted by Gasteiger charge is 2.20. The van der Waals surface area contributed by atoms with Crippen LogP contribution in [0.3, 0.4) is 0 Å². The van der Waals surface area contributed by atoms with Crippen LogP contribution in [0.25, 0.3) is 0 Å². The minimum Gasteiger partial charge on any atom is -0.393 e. The van der Waals surface area contributed by atoms with E-state index in [1.54, 1.807) is 11.8 Å². The zero-order valence-electron chi connectivity index (χ0n) is 9.63. The Bertz CT molecular complexity index is 586. The summed E-state index contributed by atoms with van der Waals surface area (Å²) >= 11 is 1.62. The van der Waals surface area contributed by atoms with E-state index in [0.29, 0.717) is 0 Å². The van der Waals surface area contributed by atoms with Gasteiger partial charge in [-0.05, 0) is 23.8 Å². The van der Waals surface area contributed by atoms with Crippen molar-refractivity contribution in [1.82, 2.24) is 0 Å². The molecule has 92 valence electrons. The fourth-order valence-corrected chi connectivity index (χ4v) is 3.19. The van der Waals surface area contributed by atoms with E-state index in [2.05, 4.69) is 5.32 Å². The van der Waals surface area contributed by atoms with E-state index in [-0.39, 0.29) is 6.61 Å². The second kappa shape index (κ2) is 4.65. The van der Waals surface area contributed by atoms with Gasteiger partial charge in [-0.15, -0.1) is 0 Å². The maximum atomic E-state index is 9.84. The molecule has 1 aliphatic rings. The molecule has 0 spiro atoms. The van der Waals surface area contributed by atoms with Gasteiger partial charge in [0.25, 0.3) is 0 Å². The Morgan fingerprint density at radius 2 is 1.83 bits per heavy atom. The molecule has 1 atom stereocenters. The second-order valence-corrected chi connectivity index (χ2v) is 5.20. The largest absolute Gasteiger partial charge is 0.393 e. The summed E-state index contributed by atoms with van der Waals surface area (Å²) in [5.41, 5.74) is 2.82.